The fourth-order valence-electron chi connectivity index (χ4n) is 2.36. The van der Waals surface area contributed by atoms with Gasteiger partial charge in [-0.3, -0.25) is 14.9 Å². The molecule has 2 aromatic rings. The van der Waals surface area contributed by atoms with Crippen LogP contribution in [0, 0.1) is 10.1 Å². The van der Waals surface area contributed by atoms with Gasteiger partial charge < -0.3 is 14.8 Å². The number of ether oxygens (including phenoxy) is 2. The summed E-state index contributed by atoms with van der Waals surface area (Å²) in [5.74, 6) is -0.409. The number of carbonyl (C=O) groups excluding carboxylic acids is 1. The van der Waals surface area contributed by atoms with Crippen molar-refractivity contribution in [2.45, 2.75) is 12.5 Å². The van der Waals surface area contributed by atoms with E-state index in [1.807, 2.05) is 0 Å². The molecule has 1 amide bonds. The van der Waals surface area contributed by atoms with Gasteiger partial charge in [0.2, 0.25) is 5.88 Å². The molecular formula is C16H13Cl2N3O5. The Morgan fingerprint density at radius 2 is 2.19 bits per heavy atom. The number of rotatable bonds is 5. The van der Waals surface area contributed by atoms with Crippen molar-refractivity contribution in [2.75, 3.05) is 18.5 Å². The van der Waals surface area contributed by atoms with Gasteiger partial charge in [0.1, 0.15) is 16.8 Å². The highest BCUT2D eigenvalue weighted by atomic mass is 35.5. The lowest BCUT2D eigenvalue weighted by Crippen LogP contribution is -2.17. The lowest BCUT2D eigenvalue weighted by Gasteiger charge is -2.12. The highest BCUT2D eigenvalue weighted by Gasteiger charge is 2.21. The number of nitrogens with one attached hydrogen (secondary N) is 1. The van der Waals surface area contributed by atoms with Gasteiger partial charge in [0.05, 0.1) is 23.7 Å². The van der Waals surface area contributed by atoms with Crippen LogP contribution in [-0.4, -0.2) is 35.1 Å². The molecule has 26 heavy (non-hydrogen) atoms. The van der Waals surface area contributed by atoms with Gasteiger partial charge in [-0.1, -0.05) is 23.2 Å². The molecule has 1 fully saturated rings. The van der Waals surface area contributed by atoms with Crippen molar-refractivity contribution >= 4 is 40.5 Å². The van der Waals surface area contributed by atoms with Gasteiger partial charge in [0.15, 0.2) is 0 Å². The summed E-state index contributed by atoms with van der Waals surface area (Å²) in [5, 5.41) is 13.9. The number of hydrogen-bond acceptors (Lipinski definition) is 6. The van der Waals surface area contributed by atoms with Crippen molar-refractivity contribution < 1.29 is 19.2 Å². The standard InChI is InChI=1S/C16H13Cl2N3O5/c17-10-1-2-14(21(23)24)13(6-10)20-15(22)9-5-12(18)16(19-7-9)26-11-3-4-25-8-11/h1-2,5-7,11H,3-4,8H2,(H,20,22). The Morgan fingerprint density at radius 1 is 1.38 bits per heavy atom. The summed E-state index contributed by atoms with van der Waals surface area (Å²) in [5.41, 5.74) is -0.172. The summed E-state index contributed by atoms with van der Waals surface area (Å²) < 4.78 is 10.8. The molecule has 1 aromatic heterocycles. The normalized spacial score (nSPS) is 16.3. The number of anilines is 1. The summed E-state index contributed by atoms with van der Waals surface area (Å²) >= 11 is 12.0. The van der Waals surface area contributed by atoms with Crippen LogP contribution in [0.5, 0.6) is 5.88 Å². The second-order valence-electron chi connectivity index (χ2n) is 5.49. The van der Waals surface area contributed by atoms with Gasteiger partial charge in [-0.2, -0.15) is 0 Å². The molecule has 0 saturated carbocycles. The summed E-state index contributed by atoms with van der Waals surface area (Å²) in [6.45, 7) is 1.07. The van der Waals surface area contributed by atoms with E-state index in [-0.39, 0.29) is 39.0 Å². The number of nitro benzene ring substituents is 1. The van der Waals surface area contributed by atoms with Crippen molar-refractivity contribution in [1.29, 1.82) is 0 Å². The fourth-order valence-corrected chi connectivity index (χ4v) is 2.75. The molecule has 0 radical (unpaired) electrons. The molecule has 1 aliphatic rings. The zero-order valence-corrected chi connectivity index (χ0v) is 14.8. The van der Waals surface area contributed by atoms with Crippen LogP contribution in [0.2, 0.25) is 10.0 Å². The van der Waals surface area contributed by atoms with E-state index in [1.54, 1.807) is 0 Å². The number of aromatic nitrogens is 1. The van der Waals surface area contributed by atoms with Crippen LogP contribution in [0.1, 0.15) is 16.8 Å². The largest absolute Gasteiger partial charge is 0.471 e. The molecule has 1 N–H and O–H groups in total. The number of hydrogen-bond donors (Lipinski definition) is 1. The first-order chi connectivity index (χ1) is 12.4. The monoisotopic (exact) mass is 397 g/mol. The van der Waals surface area contributed by atoms with Crippen molar-refractivity contribution in [3.05, 3.63) is 56.2 Å². The Kier molecular flexibility index (Phi) is 5.55. The number of carbonyl (C=O) groups is 1. The molecule has 1 atom stereocenters. The van der Waals surface area contributed by atoms with Gasteiger partial charge in [0.25, 0.3) is 11.6 Å². The average molecular weight is 398 g/mol. The second kappa shape index (κ2) is 7.86. The number of halogens is 2. The van der Waals surface area contributed by atoms with Crippen molar-refractivity contribution in [2.24, 2.45) is 0 Å². The van der Waals surface area contributed by atoms with Crippen LogP contribution in [0.3, 0.4) is 0 Å². The Hall–Kier alpha value is -2.42. The third kappa shape index (κ3) is 4.21. The van der Waals surface area contributed by atoms with Crippen LogP contribution < -0.4 is 10.1 Å². The Morgan fingerprint density at radius 3 is 2.85 bits per heavy atom. The zero-order valence-electron chi connectivity index (χ0n) is 13.3. The van der Waals surface area contributed by atoms with E-state index in [0.29, 0.717) is 13.2 Å². The molecule has 136 valence electrons. The second-order valence-corrected chi connectivity index (χ2v) is 6.33. The molecule has 1 unspecified atom stereocenters. The first-order valence-corrected chi connectivity index (χ1v) is 8.35. The van der Waals surface area contributed by atoms with E-state index in [9.17, 15) is 14.9 Å². The smallest absolute Gasteiger partial charge is 0.292 e. The summed E-state index contributed by atoms with van der Waals surface area (Å²) in [6, 6.07) is 5.26. The number of pyridine rings is 1. The van der Waals surface area contributed by atoms with E-state index in [4.69, 9.17) is 32.7 Å². The molecular weight excluding hydrogens is 385 g/mol. The molecule has 3 rings (SSSR count). The van der Waals surface area contributed by atoms with Crippen LogP contribution in [0.25, 0.3) is 0 Å². The maximum absolute atomic E-state index is 12.4. The van der Waals surface area contributed by atoms with E-state index >= 15 is 0 Å². The number of benzene rings is 1. The number of nitro groups is 1. The maximum atomic E-state index is 12.4. The SMILES string of the molecule is O=C(Nc1cc(Cl)ccc1[N+](=O)[O-])c1cnc(OC2CCOC2)c(Cl)c1. The number of amides is 1. The third-order valence-corrected chi connectivity index (χ3v) is 4.15. The van der Waals surface area contributed by atoms with Gasteiger partial charge in [-0.15, -0.1) is 0 Å². The Labute approximate surface area is 158 Å². The first kappa shape index (κ1) is 18.4. The molecule has 1 aliphatic heterocycles. The van der Waals surface area contributed by atoms with E-state index in [1.165, 1.54) is 30.5 Å². The summed E-state index contributed by atoms with van der Waals surface area (Å²) in [6.07, 6.45) is 1.88. The molecule has 1 aromatic carbocycles. The highest BCUT2D eigenvalue weighted by Crippen LogP contribution is 2.29. The fraction of sp³-hybridized carbons (Fsp3) is 0.250. The average Bonchev–Trinajstić information content (AvgIpc) is 3.09. The van der Waals surface area contributed by atoms with E-state index < -0.39 is 10.8 Å². The van der Waals surface area contributed by atoms with Crippen LogP contribution in [0.4, 0.5) is 11.4 Å². The van der Waals surface area contributed by atoms with E-state index in [2.05, 4.69) is 10.3 Å². The minimum atomic E-state index is -0.613. The van der Waals surface area contributed by atoms with Gasteiger partial charge >= 0.3 is 0 Å². The minimum absolute atomic E-state index is 0.0212. The quantitative estimate of drug-likeness (QED) is 0.608. The zero-order chi connectivity index (χ0) is 18.7. The van der Waals surface area contributed by atoms with Crippen LogP contribution in [-0.2, 0) is 4.74 Å². The minimum Gasteiger partial charge on any atom is -0.471 e. The Bertz CT molecular complexity index is 856. The molecule has 2 heterocycles. The van der Waals surface area contributed by atoms with Crippen molar-refractivity contribution in [1.82, 2.24) is 4.98 Å². The molecule has 1 saturated heterocycles. The lowest BCUT2D eigenvalue weighted by molar-refractivity contribution is -0.383. The number of nitrogens with zero attached hydrogens (tertiary/aromatic N) is 2. The topological polar surface area (TPSA) is 104 Å². The van der Waals surface area contributed by atoms with E-state index in [0.717, 1.165) is 6.42 Å². The molecule has 10 heteroatoms. The predicted octanol–water partition coefficient (Wildman–Crippen LogP) is 3.72. The Balaban J connectivity index is 1.77. The van der Waals surface area contributed by atoms with Gasteiger partial charge in [-0.05, 0) is 18.2 Å². The van der Waals surface area contributed by atoms with Gasteiger partial charge in [0, 0.05) is 23.7 Å². The van der Waals surface area contributed by atoms with Crippen molar-refractivity contribution in [3.63, 3.8) is 0 Å². The maximum Gasteiger partial charge on any atom is 0.292 e. The lowest BCUT2D eigenvalue weighted by atomic mass is 10.2. The summed E-state index contributed by atoms with van der Waals surface area (Å²) in [4.78, 5) is 26.9. The first-order valence-electron chi connectivity index (χ1n) is 7.59. The third-order valence-electron chi connectivity index (χ3n) is 3.64. The highest BCUT2D eigenvalue weighted by molar-refractivity contribution is 6.32. The predicted molar refractivity (Wildman–Crippen MR) is 95.2 cm³/mol. The summed E-state index contributed by atoms with van der Waals surface area (Å²) in [7, 11) is 0. The molecule has 0 aliphatic carbocycles. The molecule has 0 spiro atoms. The van der Waals surface area contributed by atoms with Crippen molar-refractivity contribution in [3.8, 4) is 5.88 Å². The van der Waals surface area contributed by atoms with Crippen LogP contribution in [0.15, 0.2) is 30.5 Å². The van der Waals surface area contributed by atoms with Gasteiger partial charge in [-0.25, -0.2) is 4.98 Å². The van der Waals surface area contributed by atoms with Crippen LogP contribution >= 0.6 is 23.2 Å². The molecule has 8 nitrogen and oxygen atoms in total. The molecule has 0 bridgehead atoms.